The van der Waals surface area contributed by atoms with E-state index in [0.29, 0.717) is 36.0 Å². The van der Waals surface area contributed by atoms with Gasteiger partial charge in [0, 0.05) is 23.2 Å². The molecule has 1 heterocycles. The number of rotatable bonds is 4. The topological polar surface area (TPSA) is 38.8 Å². The first-order chi connectivity index (χ1) is 11.6. The predicted octanol–water partition coefficient (Wildman–Crippen LogP) is 3.40. The standard InChI is InChI=1S/C18H17ClFNO3/c19-14-6-4-13(5-7-14)18(22)21-8-9-23-17(11-21)12-24-16-3-1-2-15(20)10-16/h1-7,10,17H,8-9,11-12H2/t17-/m1/s1. The van der Waals surface area contributed by atoms with Gasteiger partial charge in [-0.25, -0.2) is 4.39 Å². The van der Waals surface area contributed by atoms with Gasteiger partial charge in [-0.15, -0.1) is 0 Å². The number of benzene rings is 2. The Bertz CT molecular complexity index is 708. The zero-order valence-corrected chi connectivity index (χ0v) is 13.7. The first kappa shape index (κ1) is 16.7. The summed E-state index contributed by atoms with van der Waals surface area (Å²) in [4.78, 5) is 14.2. The predicted molar refractivity (Wildman–Crippen MR) is 89.0 cm³/mol. The number of amides is 1. The number of nitrogens with zero attached hydrogens (tertiary/aromatic N) is 1. The number of carbonyl (C=O) groups is 1. The fraction of sp³-hybridized carbons (Fsp3) is 0.278. The zero-order chi connectivity index (χ0) is 16.9. The Balaban J connectivity index is 1.57. The molecule has 4 nitrogen and oxygen atoms in total. The van der Waals surface area contributed by atoms with Crippen LogP contribution in [0.25, 0.3) is 0 Å². The van der Waals surface area contributed by atoms with E-state index < -0.39 is 0 Å². The van der Waals surface area contributed by atoms with Crippen LogP contribution in [0.4, 0.5) is 4.39 Å². The smallest absolute Gasteiger partial charge is 0.254 e. The molecule has 3 rings (SSSR count). The van der Waals surface area contributed by atoms with Crippen molar-refractivity contribution in [3.05, 3.63) is 64.9 Å². The molecule has 0 unspecified atom stereocenters. The third kappa shape index (κ3) is 4.24. The molecule has 6 heteroatoms. The molecule has 2 aromatic rings. The lowest BCUT2D eigenvalue weighted by Gasteiger charge is -2.33. The van der Waals surface area contributed by atoms with E-state index in [1.165, 1.54) is 12.1 Å². The van der Waals surface area contributed by atoms with Crippen molar-refractivity contribution in [1.29, 1.82) is 0 Å². The Morgan fingerprint density at radius 2 is 2.08 bits per heavy atom. The summed E-state index contributed by atoms with van der Waals surface area (Å²) in [7, 11) is 0. The van der Waals surface area contributed by atoms with Gasteiger partial charge in [0.05, 0.1) is 13.2 Å². The maximum Gasteiger partial charge on any atom is 0.254 e. The van der Waals surface area contributed by atoms with Gasteiger partial charge in [0.25, 0.3) is 5.91 Å². The van der Waals surface area contributed by atoms with Crippen LogP contribution in [0, 0.1) is 5.82 Å². The van der Waals surface area contributed by atoms with Gasteiger partial charge < -0.3 is 14.4 Å². The lowest BCUT2D eigenvalue weighted by Crippen LogP contribution is -2.47. The first-order valence-electron chi connectivity index (χ1n) is 7.66. The highest BCUT2D eigenvalue weighted by Gasteiger charge is 2.25. The van der Waals surface area contributed by atoms with Gasteiger partial charge in [-0.2, -0.15) is 0 Å². The molecule has 2 aromatic carbocycles. The van der Waals surface area contributed by atoms with E-state index in [0.717, 1.165) is 0 Å². The minimum absolute atomic E-state index is 0.0641. The van der Waals surface area contributed by atoms with Gasteiger partial charge in [0.15, 0.2) is 0 Å². The molecule has 1 amide bonds. The molecule has 0 saturated carbocycles. The van der Waals surface area contributed by atoms with Gasteiger partial charge in [-0.3, -0.25) is 4.79 Å². The van der Waals surface area contributed by atoms with Gasteiger partial charge in [-0.05, 0) is 36.4 Å². The van der Waals surface area contributed by atoms with Crippen LogP contribution in [0.1, 0.15) is 10.4 Å². The highest BCUT2D eigenvalue weighted by Crippen LogP contribution is 2.16. The minimum Gasteiger partial charge on any atom is -0.491 e. The maximum atomic E-state index is 13.1. The summed E-state index contributed by atoms with van der Waals surface area (Å²) in [5.74, 6) is 0.0297. The number of morpholine rings is 1. The summed E-state index contributed by atoms with van der Waals surface area (Å²) in [6.45, 7) is 1.65. The number of halogens is 2. The van der Waals surface area contributed by atoms with Crippen molar-refractivity contribution in [2.24, 2.45) is 0 Å². The molecule has 1 aliphatic rings. The highest BCUT2D eigenvalue weighted by atomic mass is 35.5. The quantitative estimate of drug-likeness (QED) is 0.849. The normalized spacial score (nSPS) is 17.6. The van der Waals surface area contributed by atoms with Crippen LogP contribution in [0.5, 0.6) is 5.75 Å². The lowest BCUT2D eigenvalue weighted by molar-refractivity contribution is -0.0401. The summed E-state index contributed by atoms with van der Waals surface area (Å²) in [5, 5.41) is 0.592. The molecule has 0 N–H and O–H groups in total. The fourth-order valence-electron chi connectivity index (χ4n) is 2.53. The molecule has 1 aliphatic heterocycles. The summed E-state index contributed by atoms with van der Waals surface area (Å²) < 4.78 is 24.3. The molecular weight excluding hydrogens is 333 g/mol. The van der Waals surface area contributed by atoms with E-state index >= 15 is 0 Å². The van der Waals surface area contributed by atoms with Crippen molar-refractivity contribution in [3.63, 3.8) is 0 Å². The van der Waals surface area contributed by atoms with Gasteiger partial charge in [-0.1, -0.05) is 17.7 Å². The molecule has 0 aliphatic carbocycles. The van der Waals surface area contributed by atoms with Gasteiger partial charge in [0.2, 0.25) is 0 Å². The molecule has 126 valence electrons. The molecule has 0 bridgehead atoms. The van der Waals surface area contributed by atoms with Crippen LogP contribution in [0.2, 0.25) is 5.02 Å². The fourth-order valence-corrected chi connectivity index (χ4v) is 2.65. The van der Waals surface area contributed by atoms with E-state index in [4.69, 9.17) is 21.1 Å². The van der Waals surface area contributed by atoms with Crippen LogP contribution in [-0.2, 0) is 4.74 Å². The van der Waals surface area contributed by atoms with Crippen LogP contribution < -0.4 is 4.74 Å². The van der Waals surface area contributed by atoms with Gasteiger partial charge in [0.1, 0.15) is 24.3 Å². The van der Waals surface area contributed by atoms with E-state index in [9.17, 15) is 9.18 Å². The Hall–Kier alpha value is -2.11. The number of hydrogen-bond donors (Lipinski definition) is 0. The van der Waals surface area contributed by atoms with Crippen molar-refractivity contribution in [2.75, 3.05) is 26.3 Å². The number of hydrogen-bond acceptors (Lipinski definition) is 3. The summed E-state index contributed by atoms with van der Waals surface area (Å²) in [6.07, 6.45) is -0.252. The second kappa shape index (κ2) is 7.64. The van der Waals surface area contributed by atoms with Crippen molar-refractivity contribution in [2.45, 2.75) is 6.10 Å². The van der Waals surface area contributed by atoms with Crippen molar-refractivity contribution in [1.82, 2.24) is 4.90 Å². The third-order valence-corrected chi connectivity index (χ3v) is 4.00. The average Bonchev–Trinajstić information content (AvgIpc) is 2.60. The molecule has 0 radical (unpaired) electrons. The number of carbonyl (C=O) groups excluding carboxylic acids is 1. The van der Waals surface area contributed by atoms with E-state index in [-0.39, 0.29) is 24.4 Å². The third-order valence-electron chi connectivity index (χ3n) is 3.75. The zero-order valence-electron chi connectivity index (χ0n) is 13.0. The number of ether oxygens (including phenoxy) is 2. The van der Waals surface area contributed by atoms with E-state index in [2.05, 4.69) is 0 Å². The highest BCUT2D eigenvalue weighted by molar-refractivity contribution is 6.30. The van der Waals surface area contributed by atoms with Crippen LogP contribution in [-0.4, -0.2) is 43.2 Å². The average molecular weight is 350 g/mol. The second-order valence-corrected chi connectivity index (χ2v) is 5.96. The molecule has 0 spiro atoms. The Labute approximate surface area is 144 Å². The molecule has 0 aromatic heterocycles. The SMILES string of the molecule is O=C(c1ccc(Cl)cc1)N1CCO[C@@H](COc2cccc(F)c2)C1. The Morgan fingerprint density at radius 3 is 2.83 bits per heavy atom. The molecule has 24 heavy (non-hydrogen) atoms. The second-order valence-electron chi connectivity index (χ2n) is 5.52. The van der Waals surface area contributed by atoms with Crippen LogP contribution >= 0.6 is 11.6 Å². The molecular formula is C18H17ClFNO3. The van der Waals surface area contributed by atoms with Crippen molar-refractivity contribution >= 4 is 17.5 Å². The monoisotopic (exact) mass is 349 g/mol. The lowest BCUT2D eigenvalue weighted by atomic mass is 10.1. The summed E-state index contributed by atoms with van der Waals surface area (Å²) >= 11 is 5.85. The minimum atomic E-state index is -0.350. The Morgan fingerprint density at radius 1 is 1.29 bits per heavy atom. The molecule has 1 atom stereocenters. The van der Waals surface area contributed by atoms with Crippen LogP contribution in [0.15, 0.2) is 48.5 Å². The van der Waals surface area contributed by atoms with E-state index in [1.807, 2.05) is 0 Å². The maximum absolute atomic E-state index is 13.1. The van der Waals surface area contributed by atoms with E-state index in [1.54, 1.807) is 41.3 Å². The first-order valence-corrected chi connectivity index (χ1v) is 8.04. The van der Waals surface area contributed by atoms with Crippen molar-refractivity contribution < 1.29 is 18.7 Å². The Kier molecular flexibility index (Phi) is 5.33. The summed E-state index contributed by atoms with van der Waals surface area (Å²) in [6, 6.07) is 12.7. The molecule has 1 saturated heterocycles. The van der Waals surface area contributed by atoms with Crippen LogP contribution in [0.3, 0.4) is 0 Å². The summed E-state index contributed by atoms with van der Waals surface area (Å²) in [5.41, 5.74) is 0.589. The molecule has 1 fully saturated rings. The van der Waals surface area contributed by atoms with Crippen molar-refractivity contribution in [3.8, 4) is 5.75 Å². The largest absolute Gasteiger partial charge is 0.491 e. The van der Waals surface area contributed by atoms with Gasteiger partial charge >= 0.3 is 0 Å².